The molecule has 1 heterocycles. The van der Waals surface area contributed by atoms with E-state index in [4.69, 9.17) is 9.47 Å². The minimum absolute atomic E-state index is 0.294. The van der Waals surface area contributed by atoms with E-state index in [0.717, 1.165) is 13.0 Å². The van der Waals surface area contributed by atoms with Gasteiger partial charge in [0.05, 0.1) is 13.7 Å². The summed E-state index contributed by atoms with van der Waals surface area (Å²) in [5, 5.41) is 0. The van der Waals surface area contributed by atoms with Gasteiger partial charge in [-0.1, -0.05) is 13.8 Å². The molecule has 0 bridgehead atoms. The van der Waals surface area contributed by atoms with Gasteiger partial charge in [-0.3, -0.25) is 9.69 Å². The molecule has 0 radical (unpaired) electrons. The molecule has 1 unspecified atom stereocenters. The Morgan fingerprint density at radius 2 is 1.86 bits per heavy atom. The second-order valence-electron chi connectivity index (χ2n) is 7.18. The van der Waals surface area contributed by atoms with Gasteiger partial charge in [-0.05, 0) is 39.7 Å². The van der Waals surface area contributed by atoms with Crippen LogP contribution in [0.2, 0.25) is 0 Å². The molecule has 0 aliphatic carbocycles. The number of esters is 1. The van der Waals surface area contributed by atoms with Gasteiger partial charge < -0.3 is 14.4 Å². The van der Waals surface area contributed by atoms with Crippen molar-refractivity contribution in [2.24, 2.45) is 5.92 Å². The molecule has 128 valence electrons. The Bertz CT molecular complexity index is 390. The van der Waals surface area contributed by atoms with Crippen molar-refractivity contribution >= 4 is 12.1 Å². The largest absolute Gasteiger partial charge is 0.468 e. The summed E-state index contributed by atoms with van der Waals surface area (Å²) in [5.74, 6) is 0.277. The van der Waals surface area contributed by atoms with E-state index in [1.165, 1.54) is 7.11 Å². The van der Waals surface area contributed by atoms with E-state index in [2.05, 4.69) is 18.7 Å². The van der Waals surface area contributed by atoms with Crippen LogP contribution in [0, 0.1) is 5.92 Å². The number of ether oxygens (including phenoxy) is 2. The normalized spacial score (nSPS) is 20.1. The minimum atomic E-state index is -0.535. The molecule has 1 atom stereocenters. The van der Waals surface area contributed by atoms with Gasteiger partial charge >= 0.3 is 12.1 Å². The second-order valence-corrected chi connectivity index (χ2v) is 7.18. The molecule has 22 heavy (non-hydrogen) atoms. The van der Waals surface area contributed by atoms with Gasteiger partial charge in [-0.25, -0.2) is 4.79 Å². The van der Waals surface area contributed by atoms with Crippen LogP contribution in [0.1, 0.15) is 41.0 Å². The molecular formula is C16H30N2O4. The quantitative estimate of drug-likeness (QED) is 0.744. The summed E-state index contributed by atoms with van der Waals surface area (Å²) >= 11 is 0. The third-order valence-corrected chi connectivity index (χ3v) is 3.61. The molecule has 0 aromatic heterocycles. The lowest BCUT2D eigenvalue weighted by atomic mass is 10.1. The average Bonchev–Trinajstić information content (AvgIpc) is 2.42. The van der Waals surface area contributed by atoms with Crippen molar-refractivity contribution < 1.29 is 19.1 Å². The lowest BCUT2D eigenvalue weighted by Gasteiger charge is -2.40. The van der Waals surface area contributed by atoms with Crippen molar-refractivity contribution in [3.05, 3.63) is 0 Å². The number of carbonyl (C=O) groups excluding carboxylic acids is 2. The standard InChI is InChI=1S/C16H30N2O4/c1-12(2)7-8-17-9-10-18(11-13(17)14(19)21-6)15(20)22-16(3,4)5/h12-13H,7-11H2,1-6H3. The molecule has 1 saturated heterocycles. The first-order chi connectivity index (χ1) is 10.1. The van der Waals surface area contributed by atoms with Crippen molar-refractivity contribution in [1.82, 2.24) is 9.80 Å². The van der Waals surface area contributed by atoms with E-state index in [-0.39, 0.29) is 12.1 Å². The Labute approximate surface area is 133 Å². The summed E-state index contributed by atoms with van der Waals surface area (Å²) in [4.78, 5) is 27.9. The Morgan fingerprint density at radius 3 is 2.36 bits per heavy atom. The van der Waals surface area contributed by atoms with E-state index < -0.39 is 11.6 Å². The summed E-state index contributed by atoms with van der Waals surface area (Å²) < 4.78 is 10.3. The van der Waals surface area contributed by atoms with Gasteiger partial charge in [0.2, 0.25) is 0 Å². The van der Waals surface area contributed by atoms with Gasteiger partial charge in [0.25, 0.3) is 0 Å². The van der Waals surface area contributed by atoms with Crippen LogP contribution in [-0.2, 0) is 14.3 Å². The zero-order valence-corrected chi connectivity index (χ0v) is 14.7. The lowest BCUT2D eigenvalue weighted by molar-refractivity contribution is -0.149. The fourth-order valence-corrected chi connectivity index (χ4v) is 2.36. The molecular weight excluding hydrogens is 284 g/mol. The molecule has 6 heteroatoms. The van der Waals surface area contributed by atoms with Crippen molar-refractivity contribution in [3.63, 3.8) is 0 Å². The van der Waals surface area contributed by atoms with Crippen LogP contribution in [0.4, 0.5) is 4.79 Å². The third kappa shape index (κ3) is 5.83. The number of hydrogen-bond donors (Lipinski definition) is 0. The van der Waals surface area contributed by atoms with Crippen LogP contribution < -0.4 is 0 Å². The van der Waals surface area contributed by atoms with E-state index in [0.29, 0.717) is 25.6 Å². The number of methoxy groups -OCH3 is 1. The first-order valence-corrected chi connectivity index (χ1v) is 7.94. The molecule has 0 aromatic rings. The highest BCUT2D eigenvalue weighted by molar-refractivity contribution is 5.77. The van der Waals surface area contributed by atoms with E-state index >= 15 is 0 Å². The highest BCUT2D eigenvalue weighted by Gasteiger charge is 2.36. The molecule has 0 N–H and O–H groups in total. The van der Waals surface area contributed by atoms with Crippen LogP contribution in [0.5, 0.6) is 0 Å². The van der Waals surface area contributed by atoms with E-state index in [1.807, 2.05) is 20.8 Å². The maximum absolute atomic E-state index is 12.2. The molecule has 1 fully saturated rings. The Morgan fingerprint density at radius 1 is 1.23 bits per heavy atom. The van der Waals surface area contributed by atoms with Gasteiger partial charge in [0.1, 0.15) is 11.6 Å². The molecule has 1 amide bonds. The zero-order chi connectivity index (χ0) is 16.9. The van der Waals surface area contributed by atoms with Crippen molar-refractivity contribution in [1.29, 1.82) is 0 Å². The number of amides is 1. The molecule has 1 aliphatic heterocycles. The van der Waals surface area contributed by atoms with Gasteiger partial charge in [0, 0.05) is 13.1 Å². The third-order valence-electron chi connectivity index (χ3n) is 3.61. The Balaban J connectivity index is 2.70. The van der Waals surface area contributed by atoms with Crippen LogP contribution in [0.3, 0.4) is 0 Å². The first kappa shape index (κ1) is 18.7. The molecule has 1 rings (SSSR count). The van der Waals surface area contributed by atoms with Crippen LogP contribution in [0.15, 0.2) is 0 Å². The van der Waals surface area contributed by atoms with Crippen molar-refractivity contribution in [2.75, 3.05) is 33.3 Å². The predicted molar refractivity (Wildman–Crippen MR) is 84.6 cm³/mol. The summed E-state index contributed by atoms with van der Waals surface area (Å²) in [6.45, 7) is 12.2. The zero-order valence-electron chi connectivity index (χ0n) is 14.7. The van der Waals surface area contributed by atoms with Crippen LogP contribution in [-0.4, -0.2) is 66.8 Å². The molecule has 0 aromatic carbocycles. The second kappa shape index (κ2) is 7.81. The number of rotatable bonds is 4. The van der Waals surface area contributed by atoms with Gasteiger partial charge in [0.15, 0.2) is 0 Å². The van der Waals surface area contributed by atoms with Gasteiger partial charge in [-0.15, -0.1) is 0 Å². The Hall–Kier alpha value is -1.30. The highest BCUT2D eigenvalue weighted by atomic mass is 16.6. The summed E-state index contributed by atoms with van der Waals surface area (Å²) in [6, 6.07) is -0.412. The number of nitrogens with zero attached hydrogens (tertiary/aromatic N) is 2. The predicted octanol–water partition coefficient (Wildman–Crippen LogP) is 2.13. The minimum Gasteiger partial charge on any atom is -0.468 e. The SMILES string of the molecule is COC(=O)C1CN(C(=O)OC(C)(C)C)CCN1CCC(C)C. The molecule has 1 aliphatic rings. The summed E-state index contributed by atoms with van der Waals surface area (Å²) in [6.07, 6.45) is 0.643. The smallest absolute Gasteiger partial charge is 0.410 e. The topological polar surface area (TPSA) is 59.1 Å². The number of carbonyl (C=O) groups is 2. The van der Waals surface area contributed by atoms with Gasteiger partial charge in [-0.2, -0.15) is 0 Å². The molecule has 0 spiro atoms. The fraction of sp³-hybridized carbons (Fsp3) is 0.875. The van der Waals surface area contributed by atoms with Crippen LogP contribution in [0.25, 0.3) is 0 Å². The van der Waals surface area contributed by atoms with Crippen molar-refractivity contribution in [2.45, 2.75) is 52.7 Å². The van der Waals surface area contributed by atoms with Crippen LogP contribution >= 0.6 is 0 Å². The van der Waals surface area contributed by atoms with E-state index in [9.17, 15) is 9.59 Å². The maximum atomic E-state index is 12.2. The Kier molecular flexibility index (Phi) is 6.66. The maximum Gasteiger partial charge on any atom is 0.410 e. The average molecular weight is 314 g/mol. The number of piperazine rings is 1. The fourth-order valence-electron chi connectivity index (χ4n) is 2.36. The van der Waals surface area contributed by atoms with Crippen molar-refractivity contribution in [3.8, 4) is 0 Å². The lowest BCUT2D eigenvalue weighted by Crippen LogP contribution is -2.58. The monoisotopic (exact) mass is 314 g/mol. The number of hydrogen-bond acceptors (Lipinski definition) is 5. The molecule has 6 nitrogen and oxygen atoms in total. The molecule has 0 saturated carbocycles. The van der Waals surface area contributed by atoms with E-state index in [1.54, 1.807) is 4.90 Å². The first-order valence-electron chi connectivity index (χ1n) is 7.94. The highest BCUT2D eigenvalue weighted by Crippen LogP contribution is 2.17. The summed E-state index contributed by atoms with van der Waals surface area (Å²) in [7, 11) is 1.38. The summed E-state index contributed by atoms with van der Waals surface area (Å²) in [5.41, 5.74) is -0.535.